The van der Waals surface area contributed by atoms with Crippen LogP contribution in [0.15, 0.2) is 34.9 Å². The summed E-state index contributed by atoms with van der Waals surface area (Å²) >= 11 is 9.36. The van der Waals surface area contributed by atoms with Gasteiger partial charge in [0.1, 0.15) is 10.6 Å². The average molecular weight is 425 g/mol. The van der Waals surface area contributed by atoms with Crippen molar-refractivity contribution >= 4 is 50.9 Å². The van der Waals surface area contributed by atoms with Crippen LogP contribution in [-0.4, -0.2) is 29.4 Å². The molecular formula is C17H15BrClN3O3. The van der Waals surface area contributed by atoms with Crippen LogP contribution in [0.2, 0.25) is 5.02 Å². The predicted molar refractivity (Wildman–Crippen MR) is 99.2 cm³/mol. The van der Waals surface area contributed by atoms with E-state index in [1.165, 1.54) is 4.90 Å². The summed E-state index contributed by atoms with van der Waals surface area (Å²) in [6.45, 7) is 3.38. The molecular weight excluding hydrogens is 410 g/mol. The third-order valence-electron chi connectivity index (χ3n) is 3.86. The van der Waals surface area contributed by atoms with Gasteiger partial charge in [-0.05, 0) is 59.6 Å². The van der Waals surface area contributed by atoms with Crippen molar-refractivity contribution in [3.05, 3.63) is 45.5 Å². The zero-order chi connectivity index (χ0) is 18.1. The molecule has 2 amide bonds. The van der Waals surface area contributed by atoms with E-state index in [2.05, 4.69) is 26.2 Å². The molecule has 1 aliphatic heterocycles. The number of amides is 2. The SMILES string of the molecule is Cc1ccc(NC(=O)C(C)N2C(=O)COc3ccc(Br)nc32)cc1Cl. The first kappa shape index (κ1) is 17.7. The summed E-state index contributed by atoms with van der Waals surface area (Å²) in [6.07, 6.45) is 0. The number of ether oxygens (including phenoxy) is 1. The Bertz CT molecular complexity index is 859. The molecule has 3 rings (SSSR count). The lowest BCUT2D eigenvalue weighted by molar-refractivity contribution is -0.125. The minimum absolute atomic E-state index is 0.135. The molecule has 0 fully saturated rings. The van der Waals surface area contributed by atoms with Crippen molar-refractivity contribution in [1.82, 2.24) is 4.98 Å². The maximum absolute atomic E-state index is 12.6. The van der Waals surface area contributed by atoms with E-state index in [4.69, 9.17) is 16.3 Å². The maximum Gasteiger partial charge on any atom is 0.266 e. The zero-order valence-electron chi connectivity index (χ0n) is 13.5. The number of pyridine rings is 1. The highest BCUT2D eigenvalue weighted by Gasteiger charge is 2.34. The van der Waals surface area contributed by atoms with Crippen molar-refractivity contribution in [1.29, 1.82) is 0 Å². The van der Waals surface area contributed by atoms with Crippen molar-refractivity contribution in [2.24, 2.45) is 0 Å². The van der Waals surface area contributed by atoms with Gasteiger partial charge in [0.15, 0.2) is 18.2 Å². The smallest absolute Gasteiger partial charge is 0.266 e. The maximum atomic E-state index is 12.6. The van der Waals surface area contributed by atoms with Gasteiger partial charge in [-0.25, -0.2) is 4.98 Å². The second-order valence-corrected chi connectivity index (χ2v) is 6.86. The van der Waals surface area contributed by atoms with Crippen LogP contribution in [-0.2, 0) is 9.59 Å². The summed E-state index contributed by atoms with van der Waals surface area (Å²) < 4.78 is 5.92. The van der Waals surface area contributed by atoms with Crippen LogP contribution in [0.5, 0.6) is 5.75 Å². The highest BCUT2D eigenvalue weighted by Crippen LogP contribution is 2.33. The lowest BCUT2D eigenvalue weighted by Gasteiger charge is -2.32. The van der Waals surface area contributed by atoms with E-state index in [0.29, 0.717) is 26.9 Å². The number of carbonyl (C=O) groups excluding carboxylic acids is 2. The first-order valence-corrected chi connectivity index (χ1v) is 8.72. The molecule has 0 bridgehead atoms. The van der Waals surface area contributed by atoms with E-state index in [1.54, 1.807) is 31.2 Å². The van der Waals surface area contributed by atoms with Crippen LogP contribution in [0.1, 0.15) is 12.5 Å². The van der Waals surface area contributed by atoms with E-state index in [1.807, 2.05) is 13.0 Å². The van der Waals surface area contributed by atoms with Gasteiger partial charge in [-0.3, -0.25) is 14.5 Å². The van der Waals surface area contributed by atoms with Crippen LogP contribution in [0, 0.1) is 6.92 Å². The Hall–Kier alpha value is -2.12. The number of rotatable bonds is 3. The minimum Gasteiger partial charge on any atom is -0.480 e. The van der Waals surface area contributed by atoms with E-state index in [0.717, 1.165) is 5.56 Å². The molecule has 0 saturated heterocycles. The topological polar surface area (TPSA) is 71.5 Å². The van der Waals surface area contributed by atoms with Crippen molar-refractivity contribution in [3.8, 4) is 5.75 Å². The molecule has 1 aromatic heterocycles. The fraction of sp³-hybridized carbons (Fsp3) is 0.235. The Morgan fingerprint density at radius 1 is 1.40 bits per heavy atom. The molecule has 1 N–H and O–H groups in total. The Kier molecular flexibility index (Phi) is 4.96. The predicted octanol–water partition coefficient (Wildman–Crippen LogP) is 3.56. The molecule has 8 heteroatoms. The second kappa shape index (κ2) is 7.01. The molecule has 0 radical (unpaired) electrons. The Morgan fingerprint density at radius 3 is 2.88 bits per heavy atom. The molecule has 6 nitrogen and oxygen atoms in total. The molecule has 1 aliphatic rings. The van der Waals surface area contributed by atoms with Crippen LogP contribution in [0.4, 0.5) is 11.5 Å². The minimum atomic E-state index is -0.767. The molecule has 2 heterocycles. The standard InChI is InChI=1S/C17H15BrClN3O3/c1-9-3-4-11(7-12(9)19)20-17(24)10(2)22-15(23)8-25-13-5-6-14(18)21-16(13)22/h3-7,10H,8H2,1-2H3,(H,20,24). The van der Waals surface area contributed by atoms with Gasteiger partial charge in [0.25, 0.3) is 5.91 Å². The molecule has 1 aromatic carbocycles. The summed E-state index contributed by atoms with van der Waals surface area (Å²) in [6, 6.07) is 7.90. The number of hydrogen-bond acceptors (Lipinski definition) is 4. The summed E-state index contributed by atoms with van der Waals surface area (Å²) in [4.78, 5) is 30.5. The second-order valence-electron chi connectivity index (χ2n) is 5.64. The van der Waals surface area contributed by atoms with Gasteiger partial charge in [-0.2, -0.15) is 0 Å². The first-order valence-electron chi connectivity index (χ1n) is 7.55. The highest BCUT2D eigenvalue weighted by atomic mass is 79.9. The fourth-order valence-corrected chi connectivity index (χ4v) is 2.94. The third-order valence-corrected chi connectivity index (χ3v) is 4.71. The van der Waals surface area contributed by atoms with Crippen LogP contribution < -0.4 is 15.0 Å². The molecule has 25 heavy (non-hydrogen) atoms. The fourth-order valence-electron chi connectivity index (χ4n) is 2.46. The molecule has 0 spiro atoms. The number of nitrogens with one attached hydrogen (secondary N) is 1. The quantitative estimate of drug-likeness (QED) is 0.765. The van der Waals surface area contributed by atoms with Crippen LogP contribution in [0.25, 0.3) is 0 Å². The molecule has 1 atom stereocenters. The number of carbonyl (C=O) groups is 2. The highest BCUT2D eigenvalue weighted by molar-refractivity contribution is 9.10. The van der Waals surface area contributed by atoms with Crippen molar-refractivity contribution in [2.45, 2.75) is 19.9 Å². The van der Waals surface area contributed by atoms with Crippen molar-refractivity contribution in [2.75, 3.05) is 16.8 Å². The molecule has 1 unspecified atom stereocenters. The molecule has 130 valence electrons. The van der Waals surface area contributed by atoms with Crippen molar-refractivity contribution in [3.63, 3.8) is 0 Å². The van der Waals surface area contributed by atoms with Gasteiger partial charge in [0.2, 0.25) is 5.91 Å². The summed E-state index contributed by atoms with van der Waals surface area (Å²) in [5.41, 5.74) is 1.48. The summed E-state index contributed by atoms with van der Waals surface area (Å²) in [5.74, 6) is 0.0987. The number of anilines is 2. The average Bonchev–Trinajstić information content (AvgIpc) is 2.57. The zero-order valence-corrected chi connectivity index (χ0v) is 15.9. The van der Waals surface area contributed by atoms with Gasteiger partial charge in [-0.1, -0.05) is 17.7 Å². The van der Waals surface area contributed by atoms with Crippen molar-refractivity contribution < 1.29 is 14.3 Å². The molecule has 0 aliphatic carbocycles. The third kappa shape index (κ3) is 3.62. The van der Waals surface area contributed by atoms with Crippen LogP contribution >= 0.6 is 27.5 Å². The summed E-state index contributed by atoms with van der Waals surface area (Å²) in [5, 5.41) is 3.33. The first-order chi connectivity index (χ1) is 11.9. The largest absolute Gasteiger partial charge is 0.480 e. The number of aryl methyl sites for hydroxylation is 1. The number of fused-ring (bicyclic) bond motifs is 1. The van der Waals surface area contributed by atoms with Gasteiger partial charge in [-0.15, -0.1) is 0 Å². The molecule has 0 saturated carbocycles. The Balaban J connectivity index is 1.85. The molecule has 2 aromatic rings. The number of benzene rings is 1. The Labute approximate surface area is 158 Å². The van der Waals surface area contributed by atoms with Gasteiger partial charge >= 0.3 is 0 Å². The number of nitrogens with zero attached hydrogens (tertiary/aromatic N) is 2. The van der Waals surface area contributed by atoms with E-state index in [9.17, 15) is 9.59 Å². The van der Waals surface area contributed by atoms with E-state index < -0.39 is 6.04 Å². The van der Waals surface area contributed by atoms with Gasteiger partial charge < -0.3 is 10.1 Å². The lowest BCUT2D eigenvalue weighted by atomic mass is 10.2. The van der Waals surface area contributed by atoms with Crippen LogP contribution in [0.3, 0.4) is 0 Å². The van der Waals surface area contributed by atoms with E-state index >= 15 is 0 Å². The monoisotopic (exact) mass is 423 g/mol. The number of halogens is 2. The summed E-state index contributed by atoms with van der Waals surface area (Å²) in [7, 11) is 0. The van der Waals surface area contributed by atoms with E-state index in [-0.39, 0.29) is 18.4 Å². The lowest BCUT2D eigenvalue weighted by Crippen LogP contribution is -2.50. The normalized spacial score (nSPS) is 14.6. The van der Waals surface area contributed by atoms with Gasteiger partial charge in [0.05, 0.1) is 0 Å². The Morgan fingerprint density at radius 2 is 2.16 bits per heavy atom. The number of aromatic nitrogens is 1. The number of hydrogen-bond donors (Lipinski definition) is 1. The van der Waals surface area contributed by atoms with Gasteiger partial charge in [0, 0.05) is 10.7 Å².